The van der Waals surface area contributed by atoms with Gasteiger partial charge in [-0.05, 0) is 42.5 Å². The summed E-state index contributed by atoms with van der Waals surface area (Å²) in [6.07, 6.45) is -2.23. The van der Waals surface area contributed by atoms with E-state index >= 15 is 0 Å². The molecule has 172 valence electrons. The molecule has 0 radical (unpaired) electrons. The Balaban J connectivity index is 1.36. The fourth-order valence-electron chi connectivity index (χ4n) is 2.91. The van der Waals surface area contributed by atoms with Crippen LogP contribution in [-0.4, -0.2) is 27.0 Å². The van der Waals surface area contributed by atoms with E-state index in [1.165, 1.54) is 47.7 Å². The zero-order valence-electron chi connectivity index (χ0n) is 17.3. The molecule has 0 saturated heterocycles. The molecule has 0 saturated carbocycles. The number of aromatic nitrogens is 3. The summed E-state index contributed by atoms with van der Waals surface area (Å²) in [5.41, 5.74) is 0.965. The summed E-state index contributed by atoms with van der Waals surface area (Å²) in [6, 6.07) is 11.9. The van der Waals surface area contributed by atoms with Crippen molar-refractivity contribution in [1.82, 2.24) is 19.4 Å². The van der Waals surface area contributed by atoms with E-state index in [2.05, 4.69) is 25.1 Å². The molecule has 7 nitrogen and oxygen atoms in total. The SMILES string of the molecule is O=C(N=[N+]=NCCc1nc(-c2ccc(F)cc2)cs1)c1cccc(-n2cnc(C(F)(F)F)c2)c1. The van der Waals surface area contributed by atoms with E-state index in [0.29, 0.717) is 12.1 Å². The summed E-state index contributed by atoms with van der Waals surface area (Å²) < 4.78 is 52.4. The van der Waals surface area contributed by atoms with Gasteiger partial charge in [0.2, 0.25) is 10.0 Å². The van der Waals surface area contributed by atoms with Crippen LogP contribution in [0.5, 0.6) is 0 Å². The van der Waals surface area contributed by atoms with Crippen molar-refractivity contribution in [2.45, 2.75) is 12.6 Å². The minimum Gasteiger partial charge on any atom is -0.306 e. The van der Waals surface area contributed by atoms with Gasteiger partial charge >= 0.3 is 12.1 Å². The quantitative estimate of drug-likeness (QED) is 0.204. The first-order valence-electron chi connectivity index (χ1n) is 9.83. The number of halogens is 4. The van der Waals surface area contributed by atoms with Crippen LogP contribution in [0.1, 0.15) is 21.1 Å². The van der Waals surface area contributed by atoms with Crippen molar-refractivity contribution >= 4 is 17.2 Å². The second kappa shape index (κ2) is 9.86. The summed E-state index contributed by atoms with van der Waals surface area (Å²) in [5, 5.41) is 10.0. The predicted octanol–water partition coefficient (Wildman–Crippen LogP) is 5.51. The number of carbonyl (C=O) groups excluding carboxylic acids is 1. The van der Waals surface area contributed by atoms with Gasteiger partial charge in [0.1, 0.15) is 17.5 Å². The van der Waals surface area contributed by atoms with Crippen molar-refractivity contribution in [2.24, 2.45) is 10.2 Å². The normalized spacial score (nSPS) is 11.2. The number of alkyl halides is 3. The Hall–Kier alpha value is -4.02. The van der Waals surface area contributed by atoms with Crippen LogP contribution < -0.4 is 4.91 Å². The van der Waals surface area contributed by atoms with Crippen LogP contribution in [0.3, 0.4) is 0 Å². The lowest BCUT2D eigenvalue weighted by Gasteiger charge is -2.03. The van der Waals surface area contributed by atoms with Crippen LogP contribution in [0.2, 0.25) is 0 Å². The molecule has 4 aromatic rings. The third-order valence-corrected chi connectivity index (χ3v) is 5.49. The average Bonchev–Trinajstić information content (AvgIpc) is 3.50. The number of benzene rings is 2. The van der Waals surface area contributed by atoms with Crippen LogP contribution in [-0.2, 0) is 12.6 Å². The monoisotopic (exact) mass is 487 g/mol. The topological polar surface area (TPSA) is 86.6 Å². The van der Waals surface area contributed by atoms with E-state index in [9.17, 15) is 22.4 Å². The zero-order chi connectivity index (χ0) is 24.1. The van der Waals surface area contributed by atoms with Crippen LogP contribution in [0.4, 0.5) is 17.6 Å². The molecule has 12 heteroatoms. The van der Waals surface area contributed by atoms with Gasteiger partial charge in [-0.2, -0.15) is 13.2 Å². The molecule has 0 aliphatic rings. The highest BCUT2D eigenvalue weighted by Gasteiger charge is 2.33. The number of imidazole rings is 1. The molecule has 0 bridgehead atoms. The van der Waals surface area contributed by atoms with Crippen LogP contribution >= 0.6 is 11.3 Å². The Morgan fingerprint density at radius 3 is 2.68 bits per heavy atom. The highest BCUT2D eigenvalue weighted by atomic mass is 32.1. The molecule has 2 aromatic heterocycles. The number of rotatable bonds is 6. The summed E-state index contributed by atoms with van der Waals surface area (Å²) in [6.45, 7) is 0.252. The maximum absolute atomic E-state index is 13.0. The van der Waals surface area contributed by atoms with Crippen molar-refractivity contribution in [1.29, 1.82) is 0 Å². The standard InChI is InChI=1S/C22H15F4N6OS/c23-16-6-4-14(5-7-16)18-12-34-20(29-18)8-9-28-31-30-21(33)15-2-1-3-17(10-15)32-11-19(27-13-32)22(24,25)26/h1-7,10-13H,8-9H2/q+1. The maximum Gasteiger partial charge on any atom is 0.434 e. The number of hydrogen-bond donors (Lipinski definition) is 0. The van der Waals surface area contributed by atoms with E-state index in [0.717, 1.165) is 33.4 Å². The summed E-state index contributed by atoms with van der Waals surface area (Å²) in [4.78, 5) is 23.6. The third kappa shape index (κ3) is 5.66. The second-order valence-corrected chi connectivity index (χ2v) is 7.90. The number of carbonyl (C=O) groups is 1. The molecule has 2 heterocycles. The first-order valence-corrected chi connectivity index (χ1v) is 10.7. The van der Waals surface area contributed by atoms with Gasteiger partial charge in [0.05, 0.1) is 22.6 Å². The van der Waals surface area contributed by atoms with Gasteiger partial charge in [0.15, 0.2) is 5.69 Å². The van der Waals surface area contributed by atoms with Gasteiger partial charge < -0.3 is 4.57 Å². The number of thiazole rings is 1. The lowest BCUT2D eigenvalue weighted by atomic mass is 10.2. The predicted molar refractivity (Wildman–Crippen MR) is 116 cm³/mol. The van der Waals surface area contributed by atoms with Crippen molar-refractivity contribution in [3.05, 3.63) is 88.5 Å². The molecule has 0 aliphatic heterocycles. The van der Waals surface area contributed by atoms with E-state index < -0.39 is 17.8 Å². The largest absolute Gasteiger partial charge is 0.434 e. The number of nitrogens with zero attached hydrogens (tertiary/aromatic N) is 6. The number of hydrogen-bond acceptors (Lipinski definition) is 5. The molecule has 1 amide bonds. The summed E-state index contributed by atoms with van der Waals surface area (Å²) >= 11 is 1.43. The van der Waals surface area contributed by atoms with Gasteiger partial charge in [-0.25, -0.2) is 14.4 Å². The molecule has 0 N–H and O–H groups in total. The lowest BCUT2D eigenvalue weighted by molar-refractivity contribution is -0.140. The highest BCUT2D eigenvalue weighted by Crippen LogP contribution is 2.28. The molecule has 0 spiro atoms. The summed E-state index contributed by atoms with van der Waals surface area (Å²) in [5.74, 6) is -1.00. The summed E-state index contributed by atoms with van der Waals surface area (Å²) in [7, 11) is 0. The van der Waals surface area contributed by atoms with Crippen molar-refractivity contribution in [2.75, 3.05) is 6.54 Å². The molecule has 2 aromatic carbocycles. The van der Waals surface area contributed by atoms with Gasteiger partial charge in [-0.1, -0.05) is 6.07 Å². The van der Waals surface area contributed by atoms with E-state index in [-0.39, 0.29) is 17.9 Å². The Morgan fingerprint density at radius 2 is 1.94 bits per heavy atom. The molecule has 0 aliphatic carbocycles. The van der Waals surface area contributed by atoms with Gasteiger partial charge in [-0.15, -0.1) is 11.3 Å². The van der Waals surface area contributed by atoms with Crippen molar-refractivity contribution in [3.63, 3.8) is 0 Å². The fraction of sp³-hybridized carbons (Fsp3) is 0.136. The Kier molecular flexibility index (Phi) is 6.71. The van der Waals surface area contributed by atoms with Gasteiger partial charge in [0, 0.05) is 29.2 Å². The van der Waals surface area contributed by atoms with Crippen molar-refractivity contribution < 1.29 is 22.4 Å². The minimum absolute atomic E-state index is 0.141. The minimum atomic E-state index is -4.56. The molecule has 0 fully saturated rings. The number of amides is 1. The smallest absolute Gasteiger partial charge is 0.306 e. The first-order chi connectivity index (χ1) is 16.3. The second-order valence-electron chi connectivity index (χ2n) is 6.96. The Morgan fingerprint density at radius 1 is 1.15 bits per heavy atom. The van der Waals surface area contributed by atoms with Crippen molar-refractivity contribution in [3.8, 4) is 16.9 Å². The molecular formula is C22H15F4N6OS+. The van der Waals surface area contributed by atoms with Crippen LogP contribution in [0.25, 0.3) is 16.9 Å². The fourth-order valence-corrected chi connectivity index (χ4v) is 3.71. The lowest BCUT2D eigenvalue weighted by Crippen LogP contribution is -2.05. The van der Waals surface area contributed by atoms with E-state index in [4.69, 9.17) is 0 Å². The van der Waals surface area contributed by atoms with Gasteiger partial charge in [-0.3, -0.25) is 4.79 Å². The first kappa shape index (κ1) is 23.1. The Labute approximate surface area is 194 Å². The third-order valence-electron chi connectivity index (χ3n) is 4.58. The van der Waals surface area contributed by atoms with Crippen LogP contribution in [0, 0.1) is 5.82 Å². The van der Waals surface area contributed by atoms with Crippen LogP contribution in [0.15, 0.2) is 76.7 Å². The molecule has 0 unspecified atom stereocenters. The highest BCUT2D eigenvalue weighted by molar-refractivity contribution is 7.09. The van der Waals surface area contributed by atoms with Gasteiger partial charge in [0.25, 0.3) is 0 Å². The average molecular weight is 487 g/mol. The van der Waals surface area contributed by atoms with E-state index in [1.54, 1.807) is 12.1 Å². The molecular weight excluding hydrogens is 472 g/mol. The maximum atomic E-state index is 13.0. The molecule has 4 rings (SSSR count). The molecule has 34 heavy (non-hydrogen) atoms. The zero-order valence-corrected chi connectivity index (χ0v) is 18.1. The van der Waals surface area contributed by atoms with E-state index in [1.807, 2.05) is 5.38 Å². The Bertz CT molecular complexity index is 1370. The molecule has 0 atom stereocenters.